The van der Waals surface area contributed by atoms with Gasteiger partial charge in [0.05, 0.1) is 18.0 Å². The molecule has 1 unspecified atom stereocenters. The lowest BCUT2D eigenvalue weighted by Gasteiger charge is -2.31. The van der Waals surface area contributed by atoms with Crippen LogP contribution in [-0.2, 0) is 30.8 Å². The molecule has 132 valence electrons. The summed E-state index contributed by atoms with van der Waals surface area (Å²) < 4.78 is 30.6. The van der Waals surface area contributed by atoms with E-state index in [-0.39, 0.29) is 30.4 Å². The molecule has 1 heterocycles. The van der Waals surface area contributed by atoms with E-state index in [2.05, 4.69) is 4.72 Å². The van der Waals surface area contributed by atoms with E-state index in [0.29, 0.717) is 13.0 Å². The van der Waals surface area contributed by atoms with Gasteiger partial charge in [0.15, 0.2) is 6.10 Å². The number of benzene rings is 1. The molecule has 0 radical (unpaired) electrons. The van der Waals surface area contributed by atoms with Crippen LogP contribution in [0.2, 0.25) is 0 Å². The van der Waals surface area contributed by atoms with Crippen molar-refractivity contribution in [3.8, 4) is 0 Å². The quantitative estimate of drug-likeness (QED) is 0.732. The fourth-order valence-corrected chi connectivity index (χ4v) is 3.12. The van der Waals surface area contributed by atoms with Crippen LogP contribution in [0.3, 0.4) is 0 Å². The minimum atomic E-state index is -3.47. The van der Waals surface area contributed by atoms with Gasteiger partial charge in [0, 0.05) is 13.0 Å². The number of carbonyl (C=O) groups excluding carboxylic acids is 1. The third-order valence-electron chi connectivity index (χ3n) is 3.82. The summed E-state index contributed by atoms with van der Waals surface area (Å²) in [6, 6.07) is 6.30. The zero-order valence-electron chi connectivity index (χ0n) is 13.3. The molecule has 1 aliphatic heterocycles. The van der Waals surface area contributed by atoms with Crippen molar-refractivity contribution in [2.24, 2.45) is 0 Å². The molecule has 1 saturated heterocycles. The second-order valence-electron chi connectivity index (χ2n) is 5.39. The van der Waals surface area contributed by atoms with Gasteiger partial charge in [-0.05, 0) is 31.2 Å². The first-order valence-corrected chi connectivity index (χ1v) is 8.96. The van der Waals surface area contributed by atoms with Gasteiger partial charge < -0.3 is 14.7 Å². The van der Waals surface area contributed by atoms with Crippen molar-refractivity contribution in [2.45, 2.75) is 23.8 Å². The van der Waals surface area contributed by atoms with Crippen LogP contribution < -0.4 is 4.72 Å². The Bertz CT molecular complexity index is 701. The smallest absolute Gasteiger partial charge is 0.334 e. The molecule has 0 spiro atoms. The number of hydrogen-bond donors (Lipinski definition) is 2. The first-order chi connectivity index (χ1) is 11.3. The Labute approximate surface area is 140 Å². The van der Waals surface area contributed by atoms with Gasteiger partial charge in [-0.2, -0.15) is 0 Å². The van der Waals surface area contributed by atoms with Crippen molar-refractivity contribution in [3.63, 3.8) is 0 Å². The van der Waals surface area contributed by atoms with Crippen LogP contribution in [0.5, 0.6) is 0 Å². The zero-order valence-corrected chi connectivity index (χ0v) is 14.1. The number of ether oxygens (including phenoxy) is 1. The minimum Gasteiger partial charge on any atom is -0.479 e. The Morgan fingerprint density at radius 2 is 2.00 bits per heavy atom. The average Bonchev–Trinajstić information content (AvgIpc) is 2.60. The first kappa shape index (κ1) is 18.4. The zero-order chi connectivity index (χ0) is 17.7. The van der Waals surface area contributed by atoms with Crippen molar-refractivity contribution in [2.75, 3.05) is 26.7 Å². The van der Waals surface area contributed by atoms with Crippen LogP contribution in [0.4, 0.5) is 0 Å². The van der Waals surface area contributed by atoms with Gasteiger partial charge in [-0.15, -0.1) is 0 Å². The molecule has 2 rings (SSSR count). The summed E-state index contributed by atoms with van der Waals surface area (Å²) in [6.07, 6.45) is -0.299. The third-order valence-corrected chi connectivity index (χ3v) is 5.25. The number of aryl methyl sites for hydroxylation is 1. The van der Waals surface area contributed by atoms with Gasteiger partial charge in [-0.3, -0.25) is 4.79 Å². The number of carboxylic acids is 1. The van der Waals surface area contributed by atoms with Gasteiger partial charge in [0.2, 0.25) is 15.9 Å². The van der Waals surface area contributed by atoms with Crippen LogP contribution in [0, 0.1) is 0 Å². The molecule has 1 atom stereocenters. The van der Waals surface area contributed by atoms with E-state index in [1.807, 2.05) is 0 Å². The number of aliphatic carboxylic acids is 1. The lowest BCUT2D eigenvalue weighted by Crippen LogP contribution is -2.48. The number of nitrogens with zero attached hydrogens (tertiary/aromatic N) is 1. The fourth-order valence-electron chi connectivity index (χ4n) is 2.39. The predicted molar refractivity (Wildman–Crippen MR) is 85.0 cm³/mol. The molecule has 0 aliphatic carbocycles. The molecule has 0 aromatic heterocycles. The average molecular weight is 356 g/mol. The summed E-state index contributed by atoms with van der Waals surface area (Å²) in [5.74, 6) is -1.22. The van der Waals surface area contributed by atoms with Gasteiger partial charge >= 0.3 is 5.97 Å². The molecule has 2 N–H and O–H groups in total. The van der Waals surface area contributed by atoms with Gasteiger partial charge in [-0.25, -0.2) is 17.9 Å². The van der Waals surface area contributed by atoms with Crippen molar-refractivity contribution >= 4 is 21.9 Å². The normalized spacial score (nSPS) is 18.4. The second-order valence-corrected chi connectivity index (χ2v) is 7.28. The lowest BCUT2D eigenvalue weighted by atomic mass is 10.1. The Balaban J connectivity index is 1.91. The van der Waals surface area contributed by atoms with Crippen molar-refractivity contribution in [1.82, 2.24) is 9.62 Å². The summed E-state index contributed by atoms with van der Waals surface area (Å²) in [7, 11) is -2.13. The summed E-state index contributed by atoms with van der Waals surface area (Å²) in [6.45, 7) is 0.634. The van der Waals surface area contributed by atoms with Gasteiger partial charge in [0.25, 0.3) is 0 Å². The number of rotatable bonds is 6. The van der Waals surface area contributed by atoms with Crippen molar-refractivity contribution in [3.05, 3.63) is 29.8 Å². The molecule has 1 fully saturated rings. The van der Waals surface area contributed by atoms with E-state index in [9.17, 15) is 18.0 Å². The molecule has 0 bridgehead atoms. The molecule has 1 amide bonds. The van der Waals surface area contributed by atoms with Crippen LogP contribution in [-0.4, -0.2) is 63.1 Å². The second kappa shape index (κ2) is 7.73. The van der Waals surface area contributed by atoms with Crippen LogP contribution in [0.25, 0.3) is 0 Å². The van der Waals surface area contributed by atoms with E-state index in [0.717, 1.165) is 5.56 Å². The van der Waals surface area contributed by atoms with Crippen LogP contribution >= 0.6 is 0 Å². The number of morpholine rings is 1. The van der Waals surface area contributed by atoms with Gasteiger partial charge in [0.1, 0.15) is 0 Å². The molecule has 1 aromatic carbocycles. The third kappa shape index (κ3) is 4.53. The summed E-state index contributed by atoms with van der Waals surface area (Å²) in [5, 5.41) is 8.94. The monoisotopic (exact) mass is 356 g/mol. The predicted octanol–water partition coefficient (Wildman–Crippen LogP) is -0.161. The topological polar surface area (TPSA) is 113 Å². The molecule has 1 aliphatic rings. The van der Waals surface area contributed by atoms with Gasteiger partial charge in [-0.1, -0.05) is 12.1 Å². The minimum absolute atomic E-state index is 0.0491. The number of hydrogen-bond acceptors (Lipinski definition) is 5. The lowest BCUT2D eigenvalue weighted by molar-refractivity contribution is -0.159. The van der Waals surface area contributed by atoms with Crippen molar-refractivity contribution < 1.29 is 27.9 Å². The van der Waals surface area contributed by atoms with E-state index in [1.165, 1.54) is 24.1 Å². The molecule has 0 saturated carbocycles. The Morgan fingerprint density at radius 1 is 1.33 bits per heavy atom. The molecular formula is C15H20N2O6S. The maximum absolute atomic E-state index is 12.2. The van der Waals surface area contributed by atoms with Crippen molar-refractivity contribution in [1.29, 1.82) is 0 Å². The SMILES string of the molecule is CNS(=O)(=O)c1ccc(CCC(=O)N2CCOC(C(=O)O)C2)cc1. The Kier molecular flexibility index (Phi) is 5.92. The number of amides is 1. The number of nitrogens with one attached hydrogen (secondary N) is 1. The maximum Gasteiger partial charge on any atom is 0.334 e. The number of carbonyl (C=O) groups is 2. The van der Waals surface area contributed by atoms with Crippen LogP contribution in [0.15, 0.2) is 29.2 Å². The molecule has 8 nitrogen and oxygen atoms in total. The van der Waals surface area contributed by atoms with E-state index < -0.39 is 22.1 Å². The Morgan fingerprint density at radius 3 is 2.58 bits per heavy atom. The summed E-state index contributed by atoms with van der Waals surface area (Å²) in [4.78, 5) is 24.8. The highest BCUT2D eigenvalue weighted by molar-refractivity contribution is 7.89. The summed E-state index contributed by atoms with van der Waals surface area (Å²) in [5.41, 5.74) is 0.835. The standard InChI is InChI=1S/C15H20N2O6S/c1-16-24(21,22)12-5-2-11(3-6-12)4-7-14(18)17-8-9-23-13(10-17)15(19)20/h2-3,5-6,13,16H,4,7-10H2,1H3,(H,19,20). The van der Waals surface area contributed by atoms with E-state index >= 15 is 0 Å². The highest BCUT2D eigenvalue weighted by Crippen LogP contribution is 2.13. The Hall–Kier alpha value is -1.97. The van der Waals surface area contributed by atoms with E-state index in [1.54, 1.807) is 12.1 Å². The largest absolute Gasteiger partial charge is 0.479 e. The summed E-state index contributed by atoms with van der Waals surface area (Å²) >= 11 is 0. The molecule has 9 heteroatoms. The first-order valence-electron chi connectivity index (χ1n) is 7.48. The maximum atomic E-state index is 12.2. The molecule has 24 heavy (non-hydrogen) atoms. The molecular weight excluding hydrogens is 336 g/mol. The number of carboxylic acid groups (broad SMARTS) is 1. The highest BCUT2D eigenvalue weighted by atomic mass is 32.2. The van der Waals surface area contributed by atoms with E-state index in [4.69, 9.17) is 9.84 Å². The highest BCUT2D eigenvalue weighted by Gasteiger charge is 2.28. The number of sulfonamides is 1. The van der Waals surface area contributed by atoms with Crippen LogP contribution in [0.1, 0.15) is 12.0 Å². The fraction of sp³-hybridized carbons (Fsp3) is 0.467. The molecule has 1 aromatic rings.